The Morgan fingerprint density at radius 3 is 2.45 bits per heavy atom. The van der Waals surface area contributed by atoms with Gasteiger partial charge in [-0.25, -0.2) is 4.99 Å². The van der Waals surface area contributed by atoms with E-state index in [9.17, 15) is 4.79 Å². The summed E-state index contributed by atoms with van der Waals surface area (Å²) in [6, 6.07) is 17.1. The molecule has 0 fully saturated rings. The molecular formula is C16H10ClNOS. The number of hydrogen-bond donors (Lipinski definition) is 0. The van der Waals surface area contributed by atoms with E-state index in [-0.39, 0.29) is 5.12 Å². The lowest BCUT2D eigenvalue weighted by Gasteiger charge is -1.97. The molecule has 2 aromatic rings. The Balaban J connectivity index is 1.97. The van der Waals surface area contributed by atoms with Crippen LogP contribution in [-0.2, 0) is 4.79 Å². The van der Waals surface area contributed by atoms with E-state index in [0.717, 1.165) is 27.9 Å². The predicted octanol–water partition coefficient (Wildman–Crippen LogP) is 4.40. The average Bonchev–Trinajstić information content (AvgIpc) is 2.84. The summed E-state index contributed by atoms with van der Waals surface area (Å²) in [7, 11) is 0. The highest BCUT2D eigenvalue weighted by Gasteiger charge is 2.23. The second-order valence-corrected chi connectivity index (χ2v) is 5.59. The fraction of sp³-hybridized carbons (Fsp3) is 0. The molecule has 0 aromatic heterocycles. The van der Waals surface area contributed by atoms with E-state index in [1.54, 1.807) is 12.1 Å². The molecule has 4 heteroatoms. The Labute approximate surface area is 126 Å². The van der Waals surface area contributed by atoms with Gasteiger partial charge in [0.1, 0.15) is 10.7 Å². The normalized spacial score (nSPS) is 16.6. The molecule has 0 saturated carbocycles. The summed E-state index contributed by atoms with van der Waals surface area (Å²) < 4.78 is 0. The van der Waals surface area contributed by atoms with Gasteiger partial charge >= 0.3 is 0 Å². The van der Waals surface area contributed by atoms with Crippen LogP contribution in [0.4, 0.5) is 0 Å². The summed E-state index contributed by atoms with van der Waals surface area (Å²) in [4.78, 5) is 16.4. The fourth-order valence-electron chi connectivity index (χ4n) is 1.85. The zero-order valence-electron chi connectivity index (χ0n) is 10.4. The molecule has 2 aromatic carbocycles. The van der Waals surface area contributed by atoms with Gasteiger partial charge in [0.05, 0.1) is 0 Å². The summed E-state index contributed by atoms with van der Waals surface area (Å²) in [6.45, 7) is 0. The number of thioether (sulfide) groups is 1. The molecule has 20 heavy (non-hydrogen) atoms. The van der Waals surface area contributed by atoms with Crippen LogP contribution in [0, 0.1) is 0 Å². The van der Waals surface area contributed by atoms with E-state index in [0.29, 0.717) is 10.7 Å². The van der Waals surface area contributed by atoms with E-state index >= 15 is 0 Å². The quantitative estimate of drug-likeness (QED) is 0.769. The molecule has 3 rings (SSSR count). The molecule has 1 heterocycles. The SMILES string of the molecule is O=C1SC(c2ccccc2)=NC1=Cc1ccccc1Cl. The van der Waals surface area contributed by atoms with Gasteiger partial charge in [-0.1, -0.05) is 60.1 Å². The summed E-state index contributed by atoms with van der Waals surface area (Å²) >= 11 is 7.24. The maximum atomic E-state index is 12.0. The van der Waals surface area contributed by atoms with Crippen molar-refractivity contribution in [2.45, 2.75) is 0 Å². The Morgan fingerprint density at radius 1 is 1.00 bits per heavy atom. The zero-order valence-corrected chi connectivity index (χ0v) is 12.0. The highest BCUT2D eigenvalue weighted by molar-refractivity contribution is 8.27. The molecule has 0 radical (unpaired) electrons. The van der Waals surface area contributed by atoms with E-state index in [4.69, 9.17) is 11.6 Å². The van der Waals surface area contributed by atoms with Crippen molar-refractivity contribution >= 4 is 39.6 Å². The average molecular weight is 300 g/mol. The van der Waals surface area contributed by atoms with E-state index in [1.807, 2.05) is 48.5 Å². The van der Waals surface area contributed by atoms with Crippen LogP contribution in [0.25, 0.3) is 6.08 Å². The van der Waals surface area contributed by atoms with Crippen LogP contribution in [0.2, 0.25) is 5.02 Å². The lowest BCUT2D eigenvalue weighted by molar-refractivity contribution is -0.107. The molecule has 98 valence electrons. The second kappa shape index (κ2) is 5.65. The van der Waals surface area contributed by atoms with E-state index in [1.165, 1.54) is 0 Å². The number of benzene rings is 2. The molecule has 0 N–H and O–H groups in total. The van der Waals surface area contributed by atoms with Gasteiger partial charge < -0.3 is 0 Å². The number of rotatable bonds is 2. The van der Waals surface area contributed by atoms with Crippen molar-refractivity contribution in [2.24, 2.45) is 4.99 Å². The van der Waals surface area contributed by atoms with E-state index < -0.39 is 0 Å². The Morgan fingerprint density at radius 2 is 1.70 bits per heavy atom. The molecular weight excluding hydrogens is 290 g/mol. The number of halogens is 1. The van der Waals surface area contributed by atoms with Crippen molar-refractivity contribution in [1.82, 2.24) is 0 Å². The lowest BCUT2D eigenvalue weighted by Crippen LogP contribution is -1.91. The summed E-state index contributed by atoms with van der Waals surface area (Å²) in [5.41, 5.74) is 2.19. The third-order valence-corrected chi connectivity index (χ3v) is 4.10. The molecule has 0 aliphatic carbocycles. The highest BCUT2D eigenvalue weighted by atomic mass is 35.5. The molecule has 0 unspecified atom stereocenters. The van der Waals surface area contributed by atoms with Gasteiger partial charge in [0.2, 0.25) is 5.12 Å². The minimum atomic E-state index is -0.0521. The highest BCUT2D eigenvalue weighted by Crippen LogP contribution is 2.30. The largest absolute Gasteiger partial charge is 0.279 e. The minimum absolute atomic E-state index is 0.0521. The van der Waals surface area contributed by atoms with Crippen LogP contribution < -0.4 is 0 Å². The maximum Gasteiger partial charge on any atom is 0.244 e. The van der Waals surface area contributed by atoms with Gasteiger partial charge in [0.25, 0.3) is 0 Å². The molecule has 0 atom stereocenters. The Bertz CT molecular complexity index is 722. The van der Waals surface area contributed by atoms with Crippen molar-refractivity contribution in [2.75, 3.05) is 0 Å². The first-order valence-corrected chi connectivity index (χ1v) is 7.26. The number of carbonyl (C=O) groups is 1. The Hall–Kier alpha value is -1.84. The number of hydrogen-bond acceptors (Lipinski definition) is 3. The first-order valence-electron chi connectivity index (χ1n) is 6.06. The smallest absolute Gasteiger partial charge is 0.244 e. The predicted molar refractivity (Wildman–Crippen MR) is 85.0 cm³/mol. The molecule has 0 spiro atoms. The van der Waals surface area contributed by atoms with Gasteiger partial charge in [0.15, 0.2) is 0 Å². The zero-order chi connectivity index (χ0) is 13.9. The molecule has 1 aliphatic rings. The van der Waals surface area contributed by atoms with Crippen molar-refractivity contribution in [1.29, 1.82) is 0 Å². The van der Waals surface area contributed by atoms with E-state index in [2.05, 4.69) is 4.99 Å². The first kappa shape index (κ1) is 13.2. The van der Waals surface area contributed by atoms with Crippen LogP contribution in [0.1, 0.15) is 11.1 Å². The van der Waals surface area contributed by atoms with Crippen molar-refractivity contribution in [3.8, 4) is 0 Å². The summed E-state index contributed by atoms with van der Waals surface area (Å²) in [5.74, 6) is 0. The summed E-state index contributed by atoms with van der Waals surface area (Å²) in [5, 5.41) is 1.29. The maximum absolute atomic E-state index is 12.0. The monoisotopic (exact) mass is 299 g/mol. The van der Waals surface area contributed by atoms with Crippen molar-refractivity contribution < 1.29 is 4.79 Å². The number of aliphatic imine (C=N–C) groups is 1. The molecule has 1 aliphatic heterocycles. The van der Waals surface area contributed by atoms with Crippen molar-refractivity contribution in [3.63, 3.8) is 0 Å². The topological polar surface area (TPSA) is 29.4 Å². The van der Waals surface area contributed by atoms with Crippen LogP contribution >= 0.6 is 23.4 Å². The Kier molecular flexibility index (Phi) is 3.72. The van der Waals surface area contributed by atoms with Crippen LogP contribution in [0.5, 0.6) is 0 Å². The van der Waals surface area contributed by atoms with Crippen LogP contribution in [0.3, 0.4) is 0 Å². The minimum Gasteiger partial charge on any atom is -0.279 e. The van der Waals surface area contributed by atoms with Gasteiger partial charge in [-0.05, 0) is 29.5 Å². The third-order valence-electron chi connectivity index (χ3n) is 2.84. The fourth-order valence-corrected chi connectivity index (χ4v) is 2.83. The van der Waals surface area contributed by atoms with Gasteiger partial charge in [0, 0.05) is 10.6 Å². The van der Waals surface area contributed by atoms with Crippen LogP contribution in [0.15, 0.2) is 65.3 Å². The number of nitrogens with zero attached hydrogens (tertiary/aromatic N) is 1. The van der Waals surface area contributed by atoms with Crippen LogP contribution in [-0.4, -0.2) is 10.2 Å². The molecule has 0 saturated heterocycles. The van der Waals surface area contributed by atoms with Gasteiger partial charge in [-0.2, -0.15) is 0 Å². The third kappa shape index (κ3) is 2.69. The molecule has 2 nitrogen and oxygen atoms in total. The molecule has 0 bridgehead atoms. The van der Waals surface area contributed by atoms with Crippen molar-refractivity contribution in [3.05, 3.63) is 76.4 Å². The van der Waals surface area contributed by atoms with Gasteiger partial charge in [-0.15, -0.1) is 0 Å². The van der Waals surface area contributed by atoms with Gasteiger partial charge in [-0.3, -0.25) is 4.79 Å². The molecule has 0 amide bonds. The second-order valence-electron chi connectivity index (χ2n) is 4.22. The summed E-state index contributed by atoms with van der Waals surface area (Å²) in [6.07, 6.45) is 1.73. The standard InChI is InChI=1S/C16H10ClNOS/c17-13-9-5-4-8-12(13)10-14-16(19)20-15(18-14)11-6-2-1-3-7-11/h1-10H. The number of carbonyl (C=O) groups excluding carboxylic acids is 1. The lowest BCUT2D eigenvalue weighted by atomic mass is 10.2. The first-order chi connectivity index (χ1) is 9.74.